The van der Waals surface area contributed by atoms with Crippen molar-refractivity contribution in [2.75, 3.05) is 52.6 Å². The summed E-state index contributed by atoms with van der Waals surface area (Å²) in [5.41, 5.74) is 0. The van der Waals surface area contributed by atoms with Gasteiger partial charge >= 0.3 is 0 Å². The Morgan fingerprint density at radius 1 is 0.682 bits per heavy atom. The highest BCUT2D eigenvalue weighted by Gasteiger charge is 2.27. The Hall–Kier alpha value is -0.160. The van der Waals surface area contributed by atoms with Crippen LogP contribution in [0.5, 0.6) is 0 Å². The van der Waals surface area contributed by atoms with Crippen molar-refractivity contribution < 1.29 is 9.47 Å². The Morgan fingerprint density at radius 3 is 1.64 bits per heavy atom. The number of rotatable bonds is 10. The largest absolute Gasteiger partial charge is 0.379 e. The molecule has 2 heterocycles. The molecular formula is C18H36N2O2. The van der Waals surface area contributed by atoms with Gasteiger partial charge in [0.2, 0.25) is 0 Å². The van der Waals surface area contributed by atoms with E-state index in [4.69, 9.17) is 9.47 Å². The van der Waals surface area contributed by atoms with Gasteiger partial charge in [-0.05, 0) is 6.42 Å². The zero-order valence-electron chi connectivity index (χ0n) is 14.6. The van der Waals surface area contributed by atoms with E-state index in [0.717, 1.165) is 52.6 Å². The minimum absolute atomic E-state index is 0.614. The van der Waals surface area contributed by atoms with Crippen LogP contribution in [0.25, 0.3) is 0 Å². The number of unbranched alkanes of at least 4 members (excludes halogenated alkanes) is 6. The van der Waals surface area contributed by atoms with Gasteiger partial charge in [-0.2, -0.15) is 0 Å². The van der Waals surface area contributed by atoms with Crippen LogP contribution in [0.3, 0.4) is 0 Å². The van der Waals surface area contributed by atoms with E-state index < -0.39 is 0 Å². The topological polar surface area (TPSA) is 24.9 Å². The van der Waals surface area contributed by atoms with Crippen LogP contribution in [0, 0.1) is 0 Å². The fourth-order valence-corrected chi connectivity index (χ4v) is 3.63. The lowest BCUT2D eigenvalue weighted by Gasteiger charge is -2.43. The smallest absolute Gasteiger partial charge is 0.0625 e. The van der Waals surface area contributed by atoms with Gasteiger partial charge < -0.3 is 9.47 Å². The zero-order chi connectivity index (χ0) is 15.5. The van der Waals surface area contributed by atoms with E-state index in [1.807, 2.05) is 0 Å². The predicted octanol–water partition coefficient (Wildman–Crippen LogP) is 3.12. The maximum absolute atomic E-state index is 5.53. The lowest BCUT2D eigenvalue weighted by molar-refractivity contribution is -0.0690. The van der Waals surface area contributed by atoms with E-state index in [9.17, 15) is 0 Å². The highest BCUT2D eigenvalue weighted by molar-refractivity contribution is 4.77. The fraction of sp³-hybridized carbons (Fsp3) is 1.00. The Balaban J connectivity index is 1.69. The first-order valence-corrected chi connectivity index (χ1v) is 9.55. The molecule has 0 spiro atoms. The van der Waals surface area contributed by atoms with Crippen molar-refractivity contribution >= 4 is 0 Å². The van der Waals surface area contributed by atoms with Crippen molar-refractivity contribution in [1.29, 1.82) is 0 Å². The second-order valence-corrected chi connectivity index (χ2v) is 6.69. The molecule has 4 nitrogen and oxygen atoms in total. The molecule has 2 aliphatic rings. The molecule has 2 aliphatic heterocycles. The van der Waals surface area contributed by atoms with Crippen LogP contribution < -0.4 is 0 Å². The molecule has 22 heavy (non-hydrogen) atoms. The number of morpholine rings is 2. The average molecular weight is 312 g/mol. The summed E-state index contributed by atoms with van der Waals surface area (Å²) in [7, 11) is 0. The summed E-state index contributed by atoms with van der Waals surface area (Å²) in [6.45, 7) is 10.3. The molecule has 2 saturated heterocycles. The van der Waals surface area contributed by atoms with Gasteiger partial charge in [0, 0.05) is 26.2 Å². The SMILES string of the molecule is CCCCCCCCCC(N1CCOCC1)N1CCOCC1. The molecule has 0 saturated carbocycles. The lowest BCUT2D eigenvalue weighted by atomic mass is 10.1. The first kappa shape index (κ1) is 18.2. The molecule has 0 amide bonds. The average Bonchev–Trinajstić information content (AvgIpc) is 2.59. The molecule has 130 valence electrons. The van der Waals surface area contributed by atoms with Gasteiger partial charge in [-0.15, -0.1) is 0 Å². The standard InChI is InChI=1S/C18H36N2O2/c1-2-3-4-5-6-7-8-9-18(19-10-14-21-15-11-19)20-12-16-22-17-13-20/h18H,2-17H2,1H3. The Kier molecular flexibility index (Phi) is 9.41. The summed E-state index contributed by atoms with van der Waals surface area (Å²) in [6, 6.07) is 0. The maximum atomic E-state index is 5.53. The Labute approximate surface area is 137 Å². The summed E-state index contributed by atoms with van der Waals surface area (Å²) in [4.78, 5) is 5.29. The van der Waals surface area contributed by atoms with Crippen LogP contribution in [-0.4, -0.2) is 68.6 Å². The Bertz CT molecular complexity index is 246. The van der Waals surface area contributed by atoms with E-state index in [2.05, 4.69) is 16.7 Å². The second-order valence-electron chi connectivity index (χ2n) is 6.69. The van der Waals surface area contributed by atoms with Crippen LogP contribution in [0.15, 0.2) is 0 Å². The molecular weight excluding hydrogens is 276 g/mol. The van der Waals surface area contributed by atoms with Gasteiger partial charge in [0.05, 0.1) is 32.6 Å². The third-order valence-electron chi connectivity index (χ3n) is 5.00. The molecule has 0 aromatic carbocycles. The number of ether oxygens (including phenoxy) is 2. The maximum Gasteiger partial charge on any atom is 0.0625 e. The van der Waals surface area contributed by atoms with Crippen molar-refractivity contribution in [2.45, 2.75) is 64.5 Å². The summed E-state index contributed by atoms with van der Waals surface area (Å²) in [5.74, 6) is 0. The molecule has 0 aliphatic carbocycles. The van der Waals surface area contributed by atoms with Crippen molar-refractivity contribution in [3.05, 3.63) is 0 Å². The minimum atomic E-state index is 0.614. The molecule has 0 unspecified atom stereocenters. The molecule has 0 aromatic heterocycles. The molecule has 2 fully saturated rings. The van der Waals surface area contributed by atoms with Crippen molar-refractivity contribution in [3.63, 3.8) is 0 Å². The van der Waals surface area contributed by atoms with Gasteiger partial charge in [-0.1, -0.05) is 51.9 Å². The summed E-state index contributed by atoms with van der Waals surface area (Å²) < 4.78 is 11.1. The number of nitrogens with zero attached hydrogens (tertiary/aromatic N) is 2. The molecule has 2 rings (SSSR count). The second kappa shape index (κ2) is 11.4. The molecule has 0 radical (unpaired) electrons. The van der Waals surface area contributed by atoms with Gasteiger partial charge in [-0.3, -0.25) is 9.80 Å². The lowest BCUT2D eigenvalue weighted by Crippen LogP contribution is -2.55. The van der Waals surface area contributed by atoms with Crippen LogP contribution in [0.2, 0.25) is 0 Å². The zero-order valence-corrected chi connectivity index (χ0v) is 14.6. The number of hydrogen-bond acceptors (Lipinski definition) is 4. The van der Waals surface area contributed by atoms with Crippen LogP contribution in [0.4, 0.5) is 0 Å². The van der Waals surface area contributed by atoms with Gasteiger partial charge in [-0.25, -0.2) is 0 Å². The van der Waals surface area contributed by atoms with Gasteiger partial charge in [0.25, 0.3) is 0 Å². The van der Waals surface area contributed by atoms with E-state index in [1.165, 1.54) is 51.4 Å². The molecule has 0 bridgehead atoms. The number of hydrogen-bond donors (Lipinski definition) is 0. The Morgan fingerprint density at radius 2 is 1.14 bits per heavy atom. The molecule has 0 atom stereocenters. The first-order chi connectivity index (χ1) is 10.9. The van der Waals surface area contributed by atoms with Crippen molar-refractivity contribution in [3.8, 4) is 0 Å². The van der Waals surface area contributed by atoms with E-state index in [0.29, 0.717) is 6.17 Å². The minimum Gasteiger partial charge on any atom is -0.379 e. The van der Waals surface area contributed by atoms with Gasteiger partial charge in [0.1, 0.15) is 0 Å². The third kappa shape index (κ3) is 6.53. The molecule has 4 heteroatoms. The van der Waals surface area contributed by atoms with Crippen LogP contribution in [-0.2, 0) is 9.47 Å². The highest BCUT2D eigenvalue weighted by Crippen LogP contribution is 2.18. The van der Waals surface area contributed by atoms with Crippen LogP contribution in [0.1, 0.15) is 58.3 Å². The fourth-order valence-electron chi connectivity index (χ4n) is 3.63. The predicted molar refractivity (Wildman–Crippen MR) is 91.2 cm³/mol. The van der Waals surface area contributed by atoms with Crippen molar-refractivity contribution in [2.24, 2.45) is 0 Å². The summed E-state index contributed by atoms with van der Waals surface area (Å²) in [5, 5.41) is 0. The normalized spacial score (nSPS) is 21.5. The first-order valence-electron chi connectivity index (χ1n) is 9.55. The van der Waals surface area contributed by atoms with E-state index in [1.54, 1.807) is 0 Å². The summed E-state index contributed by atoms with van der Waals surface area (Å²) >= 11 is 0. The van der Waals surface area contributed by atoms with Gasteiger partial charge in [0.15, 0.2) is 0 Å². The highest BCUT2D eigenvalue weighted by atomic mass is 16.5. The monoisotopic (exact) mass is 312 g/mol. The van der Waals surface area contributed by atoms with Crippen molar-refractivity contribution in [1.82, 2.24) is 9.80 Å². The third-order valence-corrected chi connectivity index (χ3v) is 5.00. The van der Waals surface area contributed by atoms with E-state index in [-0.39, 0.29) is 0 Å². The quantitative estimate of drug-likeness (QED) is 0.579. The van der Waals surface area contributed by atoms with Crippen LogP contribution >= 0.6 is 0 Å². The molecule has 0 aromatic rings. The summed E-state index contributed by atoms with van der Waals surface area (Å²) in [6.07, 6.45) is 11.7. The molecule has 0 N–H and O–H groups in total. The van der Waals surface area contributed by atoms with E-state index >= 15 is 0 Å².